The van der Waals surface area contributed by atoms with E-state index in [9.17, 15) is 19.2 Å². The number of nitrogens with zero attached hydrogens (tertiary/aromatic N) is 1. The lowest BCUT2D eigenvalue weighted by Gasteiger charge is -2.17. The Hall–Kier alpha value is -2.96. The molecule has 1 aromatic rings. The summed E-state index contributed by atoms with van der Waals surface area (Å²) in [5.74, 6) is -2.48. The van der Waals surface area contributed by atoms with Gasteiger partial charge in [0.05, 0.1) is 11.8 Å². The Morgan fingerprint density at radius 2 is 1.76 bits per heavy atom. The first-order valence-corrected chi connectivity index (χ1v) is 9.84. The van der Waals surface area contributed by atoms with Gasteiger partial charge in [0.25, 0.3) is 5.91 Å². The summed E-state index contributed by atoms with van der Waals surface area (Å²) in [6.45, 7) is 5.02. The number of hydrogen-bond acceptors (Lipinski definition) is 5. The van der Waals surface area contributed by atoms with Crippen molar-refractivity contribution in [1.29, 1.82) is 0 Å². The molecule has 0 aromatic heterocycles. The predicted octanol–water partition coefficient (Wildman–Crippen LogP) is 2.55. The van der Waals surface area contributed by atoms with Crippen LogP contribution in [0.2, 0.25) is 0 Å². The molecule has 1 heterocycles. The fourth-order valence-electron chi connectivity index (χ4n) is 3.86. The maximum Gasteiger partial charge on any atom is 0.326 e. The largest absolute Gasteiger partial charge is 0.454 e. The summed E-state index contributed by atoms with van der Waals surface area (Å²) in [5.41, 5.74) is 2.62. The van der Waals surface area contributed by atoms with E-state index in [2.05, 4.69) is 5.32 Å². The van der Waals surface area contributed by atoms with Crippen LogP contribution in [0.25, 0.3) is 0 Å². The van der Waals surface area contributed by atoms with Crippen molar-refractivity contribution in [3.8, 4) is 0 Å². The minimum atomic E-state index is -0.776. The molecular formula is C22H26N2O5. The zero-order chi connectivity index (χ0) is 21.1. The Balaban J connectivity index is 1.55. The average molecular weight is 398 g/mol. The number of carbonyl (C=O) groups is 4. The first kappa shape index (κ1) is 20.8. The van der Waals surface area contributed by atoms with E-state index in [1.54, 1.807) is 0 Å². The van der Waals surface area contributed by atoms with Crippen LogP contribution in [0.4, 0.5) is 5.69 Å². The van der Waals surface area contributed by atoms with Crippen LogP contribution in [0.15, 0.2) is 30.4 Å². The fraction of sp³-hybridized carbons (Fsp3) is 0.455. The summed E-state index contributed by atoms with van der Waals surface area (Å²) < 4.78 is 5.02. The van der Waals surface area contributed by atoms with Gasteiger partial charge in [-0.05, 0) is 36.8 Å². The Bertz CT molecular complexity index is 848. The van der Waals surface area contributed by atoms with Gasteiger partial charge in [0, 0.05) is 5.69 Å². The van der Waals surface area contributed by atoms with E-state index < -0.39 is 25.0 Å². The van der Waals surface area contributed by atoms with Crippen LogP contribution in [0.1, 0.15) is 43.7 Å². The van der Waals surface area contributed by atoms with Crippen molar-refractivity contribution in [3.63, 3.8) is 0 Å². The predicted molar refractivity (Wildman–Crippen MR) is 107 cm³/mol. The molecule has 1 aromatic carbocycles. The van der Waals surface area contributed by atoms with Crippen LogP contribution in [-0.4, -0.2) is 41.7 Å². The quantitative estimate of drug-likeness (QED) is 0.452. The number of likely N-dealkylation sites (tertiary alicyclic amines) is 1. The number of allylic oxidation sites excluding steroid dienone is 2. The fourth-order valence-corrected chi connectivity index (χ4v) is 3.86. The summed E-state index contributed by atoms with van der Waals surface area (Å²) in [6, 6.07) is 5.77. The molecule has 2 aliphatic rings. The summed E-state index contributed by atoms with van der Waals surface area (Å²) in [5, 5.41) is 2.80. The molecule has 0 radical (unpaired) electrons. The SMILES string of the molecule is Cc1cccc(C(C)C)c1NC(=O)COC(=O)CN1C(=O)[C@H]2CC=CC[C@H]2C1=O. The molecule has 1 saturated heterocycles. The standard InChI is InChI=1S/C22H26N2O5/c1-13(2)15-10-6-7-14(3)20(15)23-18(25)12-29-19(26)11-24-21(27)16-8-4-5-9-17(16)22(24)28/h4-7,10,13,16-17H,8-9,11-12H2,1-3H3,(H,23,25)/t16-,17+. The number of nitrogens with one attached hydrogen (secondary N) is 1. The Kier molecular flexibility index (Phi) is 6.15. The maximum atomic E-state index is 12.4. The van der Waals surface area contributed by atoms with Crippen molar-refractivity contribution in [2.24, 2.45) is 11.8 Å². The summed E-state index contributed by atoms with van der Waals surface area (Å²) in [6.07, 6.45) is 4.79. The lowest BCUT2D eigenvalue weighted by atomic mass is 9.85. The number of hydrogen-bond donors (Lipinski definition) is 1. The van der Waals surface area contributed by atoms with Gasteiger partial charge in [-0.2, -0.15) is 0 Å². The van der Waals surface area contributed by atoms with E-state index in [1.807, 2.05) is 51.1 Å². The van der Waals surface area contributed by atoms with E-state index >= 15 is 0 Å². The number of fused-ring (bicyclic) bond motifs is 1. The van der Waals surface area contributed by atoms with E-state index in [0.717, 1.165) is 16.0 Å². The van der Waals surface area contributed by atoms with Gasteiger partial charge in [-0.25, -0.2) is 0 Å². The third-order valence-corrected chi connectivity index (χ3v) is 5.44. The molecule has 1 fully saturated rings. The summed E-state index contributed by atoms with van der Waals surface area (Å²) in [7, 11) is 0. The van der Waals surface area contributed by atoms with Crippen molar-refractivity contribution in [3.05, 3.63) is 41.5 Å². The number of para-hydroxylation sites is 1. The van der Waals surface area contributed by atoms with Crippen LogP contribution in [0, 0.1) is 18.8 Å². The number of imide groups is 1. The molecule has 29 heavy (non-hydrogen) atoms. The molecule has 3 amide bonds. The highest BCUT2D eigenvalue weighted by atomic mass is 16.5. The highest BCUT2D eigenvalue weighted by Gasteiger charge is 2.47. The first-order valence-electron chi connectivity index (χ1n) is 9.84. The van der Waals surface area contributed by atoms with Crippen LogP contribution in [0.3, 0.4) is 0 Å². The van der Waals surface area contributed by atoms with Crippen molar-refractivity contribution in [1.82, 2.24) is 4.90 Å². The van der Waals surface area contributed by atoms with Crippen LogP contribution in [0.5, 0.6) is 0 Å². The second kappa shape index (κ2) is 8.59. The number of esters is 1. The van der Waals surface area contributed by atoms with E-state index in [1.165, 1.54) is 0 Å². The first-order chi connectivity index (χ1) is 13.8. The van der Waals surface area contributed by atoms with Gasteiger partial charge < -0.3 is 10.1 Å². The third-order valence-electron chi connectivity index (χ3n) is 5.44. The van der Waals surface area contributed by atoms with Gasteiger partial charge in [-0.15, -0.1) is 0 Å². The number of anilines is 1. The van der Waals surface area contributed by atoms with E-state index in [0.29, 0.717) is 18.5 Å². The molecular weight excluding hydrogens is 372 g/mol. The number of ether oxygens (including phenoxy) is 1. The molecule has 7 nitrogen and oxygen atoms in total. The Labute approximate surface area is 170 Å². The smallest absolute Gasteiger partial charge is 0.326 e. The minimum absolute atomic E-state index is 0.220. The lowest BCUT2D eigenvalue weighted by molar-refractivity contribution is -0.154. The number of benzene rings is 1. The monoisotopic (exact) mass is 398 g/mol. The molecule has 1 aliphatic carbocycles. The van der Waals surface area contributed by atoms with Gasteiger partial charge in [0.2, 0.25) is 11.8 Å². The second-order valence-corrected chi connectivity index (χ2v) is 7.82. The number of amides is 3. The maximum absolute atomic E-state index is 12.4. The molecule has 0 spiro atoms. The molecule has 2 atom stereocenters. The van der Waals surface area contributed by atoms with Crippen molar-refractivity contribution in [2.75, 3.05) is 18.5 Å². The summed E-state index contributed by atoms with van der Waals surface area (Å²) in [4.78, 5) is 50.1. The summed E-state index contributed by atoms with van der Waals surface area (Å²) >= 11 is 0. The van der Waals surface area contributed by atoms with E-state index in [-0.39, 0.29) is 29.6 Å². The van der Waals surface area contributed by atoms with Crippen LogP contribution in [-0.2, 0) is 23.9 Å². The molecule has 1 N–H and O–H groups in total. The van der Waals surface area contributed by atoms with Gasteiger partial charge in [0.15, 0.2) is 6.61 Å². The topological polar surface area (TPSA) is 92.8 Å². The zero-order valence-electron chi connectivity index (χ0n) is 16.9. The van der Waals surface area contributed by atoms with Crippen LogP contribution >= 0.6 is 0 Å². The molecule has 3 rings (SSSR count). The van der Waals surface area contributed by atoms with Gasteiger partial charge in [0.1, 0.15) is 6.54 Å². The Morgan fingerprint density at radius 1 is 1.14 bits per heavy atom. The average Bonchev–Trinajstić information content (AvgIpc) is 2.93. The third kappa shape index (κ3) is 4.39. The molecule has 0 bridgehead atoms. The molecule has 0 saturated carbocycles. The van der Waals surface area contributed by atoms with Crippen molar-refractivity contribution < 1.29 is 23.9 Å². The zero-order valence-corrected chi connectivity index (χ0v) is 16.9. The number of rotatable bonds is 6. The molecule has 154 valence electrons. The lowest BCUT2D eigenvalue weighted by Crippen LogP contribution is -2.37. The number of aryl methyl sites for hydroxylation is 1. The molecule has 1 aliphatic heterocycles. The normalized spacial score (nSPS) is 20.8. The highest BCUT2D eigenvalue weighted by molar-refractivity contribution is 6.07. The highest BCUT2D eigenvalue weighted by Crippen LogP contribution is 2.34. The van der Waals surface area contributed by atoms with Gasteiger partial charge in [-0.3, -0.25) is 24.1 Å². The minimum Gasteiger partial charge on any atom is -0.454 e. The van der Waals surface area contributed by atoms with Crippen LogP contribution < -0.4 is 5.32 Å². The van der Waals surface area contributed by atoms with Crippen molar-refractivity contribution in [2.45, 2.75) is 39.5 Å². The van der Waals surface area contributed by atoms with E-state index in [4.69, 9.17) is 4.74 Å². The van der Waals surface area contributed by atoms with Crippen molar-refractivity contribution >= 4 is 29.4 Å². The molecule has 7 heteroatoms. The molecule has 0 unspecified atom stereocenters. The van der Waals surface area contributed by atoms with Gasteiger partial charge >= 0.3 is 5.97 Å². The second-order valence-electron chi connectivity index (χ2n) is 7.82. The van der Waals surface area contributed by atoms with Gasteiger partial charge in [-0.1, -0.05) is 44.2 Å². The number of carbonyl (C=O) groups excluding carboxylic acids is 4. The Morgan fingerprint density at radius 3 is 2.34 bits per heavy atom.